The molecule has 9 heavy (non-hydrogen) atoms. The molecule has 0 heterocycles. The van der Waals surface area contributed by atoms with Gasteiger partial charge in [-0.05, 0) is 0 Å². The molecular formula is C5H12NNaO2. The summed E-state index contributed by atoms with van der Waals surface area (Å²) in [5, 5.41) is 7.42. The molecule has 0 radical (unpaired) electrons. The van der Waals surface area contributed by atoms with Crippen molar-refractivity contribution in [2.75, 3.05) is 6.54 Å². The summed E-state index contributed by atoms with van der Waals surface area (Å²) in [6.07, 6.45) is 1.23. The van der Waals surface area contributed by atoms with Crippen LogP contribution in [0.5, 0.6) is 0 Å². The van der Waals surface area contributed by atoms with Crippen LogP contribution in [0, 0.1) is 0 Å². The normalized spacial score (nSPS) is 7.56. The van der Waals surface area contributed by atoms with Gasteiger partial charge in [0.15, 0.2) is 0 Å². The van der Waals surface area contributed by atoms with Gasteiger partial charge in [-0.2, -0.15) is 0 Å². The number of carboxylic acids is 1. The summed E-state index contributed by atoms with van der Waals surface area (Å²) < 4.78 is 1.36. The predicted molar refractivity (Wildman–Crippen MR) is 37.5 cm³/mol. The van der Waals surface area contributed by atoms with E-state index in [-0.39, 0.29) is 0 Å². The average molecular weight is 141 g/mol. The Kier molecular flexibility index (Phi) is 15.2. The molecule has 0 aliphatic carbocycles. The van der Waals surface area contributed by atoms with Crippen LogP contribution in [0.1, 0.15) is 13.3 Å². The van der Waals surface area contributed by atoms with Gasteiger partial charge in [0.1, 0.15) is 0 Å². The maximum atomic E-state index is 9.00. The van der Waals surface area contributed by atoms with Gasteiger partial charge in [0.25, 0.3) is 5.97 Å². The van der Waals surface area contributed by atoms with Crippen molar-refractivity contribution >= 4 is 33.9 Å². The second-order valence-electron chi connectivity index (χ2n) is 1.66. The first kappa shape index (κ1) is 12.1. The molecule has 0 aromatic carbocycles. The quantitative estimate of drug-likeness (QED) is 0.532. The molecule has 0 aromatic heterocycles. The van der Waals surface area contributed by atoms with Crippen molar-refractivity contribution in [2.45, 2.75) is 17.0 Å². The van der Waals surface area contributed by atoms with Crippen LogP contribution in [0.15, 0.2) is 0 Å². The van der Waals surface area contributed by atoms with Crippen molar-refractivity contribution in [3.63, 3.8) is 0 Å². The van der Waals surface area contributed by atoms with E-state index in [1.54, 1.807) is 0 Å². The van der Waals surface area contributed by atoms with Gasteiger partial charge in [-0.15, -0.1) is 0 Å². The third-order valence-corrected chi connectivity index (χ3v) is 1.26. The summed E-state index contributed by atoms with van der Waals surface area (Å²) in [4.78, 5) is 9.00. The number of carboxylic acid groups (broad SMARTS) is 1. The van der Waals surface area contributed by atoms with Crippen molar-refractivity contribution in [2.24, 2.45) is 5.73 Å². The van der Waals surface area contributed by atoms with E-state index in [1.165, 1.54) is 38.0 Å². The molecule has 50 valence electrons. The average Bonchev–Trinajstić information content (AvgIpc) is 1.66. The van der Waals surface area contributed by atoms with E-state index in [0.29, 0.717) is 0 Å². The van der Waals surface area contributed by atoms with Gasteiger partial charge in [0, 0.05) is 6.92 Å². The molecule has 0 amide bonds. The fraction of sp³-hybridized carbons (Fsp3) is 0.800. The minimum atomic E-state index is -0.833. The van der Waals surface area contributed by atoms with Crippen LogP contribution in [-0.4, -0.2) is 45.6 Å². The van der Waals surface area contributed by atoms with Crippen molar-refractivity contribution < 1.29 is 9.90 Å². The molecule has 3 N–H and O–H groups in total. The van der Waals surface area contributed by atoms with Crippen LogP contribution in [-0.2, 0) is 4.79 Å². The van der Waals surface area contributed by atoms with Crippen LogP contribution in [0.25, 0.3) is 0 Å². The van der Waals surface area contributed by atoms with Crippen molar-refractivity contribution in [1.82, 2.24) is 0 Å². The van der Waals surface area contributed by atoms with E-state index in [4.69, 9.17) is 15.6 Å². The molecule has 0 aliphatic rings. The number of aliphatic carboxylic acids is 1. The Hall–Kier alpha value is 0.430. The number of carbonyl (C=O) groups is 1. The topological polar surface area (TPSA) is 63.3 Å². The molecule has 0 saturated carbocycles. The molecule has 0 rings (SSSR count). The first-order valence-corrected chi connectivity index (χ1v) is 4.46. The third kappa shape index (κ3) is 59.0. The van der Waals surface area contributed by atoms with Gasteiger partial charge in [0.2, 0.25) is 0 Å². The molecule has 0 unspecified atom stereocenters. The van der Waals surface area contributed by atoms with Crippen molar-refractivity contribution in [3.8, 4) is 0 Å². The summed E-state index contributed by atoms with van der Waals surface area (Å²) >= 11 is 1.32. The van der Waals surface area contributed by atoms with Crippen LogP contribution in [0.3, 0.4) is 0 Å². The molecule has 3 nitrogen and oxygen atoms in total. The van der Waals surface area contributed by atoms with Gasteiger partial charge < -0.3 is 5.11 Å². The van der Waals surface area contributed by atoms with Gasteiger partial charge in [-0.25, -0.2) is 0 Å². The van der Waals surface area contributed by atoms with Crippen LogP contribution in [0.4, 0.5) is 0 Å². The van der Waals surface area contributed by atoms with Gasteiger partial charge in [-0.1, -0.05) is 0 Å². The van der Waals surface area contributed by atoms with Gasteiger partial charge in [-0.3, -0.25) is 4.79 Å². The zero-order chi connectivity index (χ0) is 7.70. The standard InChI is InChI=1S/C3H8N.C2H4O2.Na/c1-2-3-4;1-2(3)4;/h1-4H2;1H3,(H,3,4);. The summed E-state index contributed by atoms with van der Waals surface area (Å²) in [5.74, 6) is -0.833. The first-order valence-electron chi connectivity index (χ1n) is 3.04. The Morgan fingerprint density at radius 1 is 1.78 bits per heavy atom. The van der Waals surface area contributed by atoms with Crippen LogP contribution < -0.4 is 5.73 Å². The zero-order valence-corrected chi connectivity index (χ0v) is 8.05. The zero-order valence-electron chi connectivity index (χ0n) is 6.05. The monoisotopic (exact) mass is 141 g/mol. The second kappa shape index (κ2) is 11.3. The SMILES string of the molecule is CC(=O)O.NCC[CH2][Na]. The molecule has 0 spiro atoms. The number of nitrogens with two attached hydrogens (primary N) is 1. The van der Waals surface area contributed by atoms with E-state index < -0.39 is 5.97 Å². The molecular weight excluding hydrogens is 129 g/mol. The summed E-state index contributed by atoms with van der Waals surface area (Å²) in [5.41, 5.74) is 5.16. The fourth-order valence-corrected chi connectivity index (χ4v) is 0.612. The van der Waals surface area contributed by atoms with Crippen molar-refractivity contribution in [3.05, 3.63) is 0 Å². The molecule has 4 heteroatoms. The second-order valence-corrected chi connectivity index (χ2v) is 2.66. The molecule has 0 atom stereocenters. The van der Waals surface area contributed by atoms with E-state index in [9.17, 15) is 0 Å². The maximum absolute atomic E-state index is 9.00. The Labute approximate surface area is 73.0 Å². The Morgan fingerprint density at radius 3 is 2.11 bits per heavy atom. The first-order chi connectivity index (χ1) is 4.15. The number of rotatable bonds is 2. The Bertz CT molecular complexity index is 62.0. The molecule has 0 saturated heterocycles. The molecule has 0 aliphatic heterocycles. The Balaban J connectivity index is 0. The van der Waals surface area contributed by atoms with E-state index in [2.05, 4.69) is 0 Å². The van der Waals surface area contributed by atoms with E-state index >= 15 is 0 Å². The van der Waals surface area contributed by atoms with Crippen LogP contribution in [0.2, 0.25) is 3.67 Å². The van der Waals surface area contributed by atoms with Gasteiger partial charge >= 0.3 is 50.3 Å². The summed E-state index contributed by atoms with van der Waals surface area (Å²) in [6.45, 7) is 1.96. The third-order valence-electron chi connectivity index (χ3n) is 0.558. The number of hydrogen-bond donors (Lipinski definition) is 2. The van der Waals surface area contributed by atoms with E-state index in [1.807, 2.05) is 0 Å². The molecule has 0 fully saturated rings. The fourth-order valence-electron chi connectivity index (χ4n) is 0.204. The van der Waals surface area contributed by atoms with Crippen LogP contribution >= 0.6 is 0 Å². The van der Waals surface area contributed by atoms with Gasteiger partial charge in [0.05, 0.1) is 0 Å². The summed E-state index contributed by atoms with van der Waals surface area (Å²) in [6, 6.07) is 0. The summed E-state index contributed by atoms with van der Waals surface area (Å²) in [7, 11) is 0. The number of hydrogen-bond acceptors (Lipinski definition) is 2. The molecule has 0 bridgehead atoms. The molecule has 0 aromatic rings. The minimum absolute atomic E-state index is 0.833. The predicted octanol–water partition coefficient (Wildman–Crippen LogP) is 0.0129. The van der Waals surface area contributed by atoms with E-state index in [0.717, 1.165) is 13.5 Å². The Morgan fingerprint density at radius 2 is 2.11 bits per heavy atom. The van der Waals surface area contributed by atoms with Crippen molar-refractivity contribution in [1.29, 1.82) is 0 Å².